The Bertz CT molecular complexity index is 339. The van der Waals surface area contributed by atoms with E-state index in [1.807, 2.05) is 0 Å². The molecule has 0 aromatic rings. The van der Waals surface area contributed by atoms with Crippen molar-refractivity contribution in [3.05, 3.63) is 12.2 Å². The molecule has 4 nitrogen and oxygen atoms in total. The maximum absolute atomic E-state index is 10.2. The highest BCUT2D eigenvalue weighted by molar-refractivity contribution is 5.63. The molecule has 0 spiro atoms. The van der Waals surface area contributed by atoms with Crippen molar-refractivity contribution in [1.82, 2.24) is 0 Å². The van der Waals surface area contributed by atoms with Crippen LogP contribution in [0.3, 0.4) is 0 Å². The zero-order valence-corrected chi connectivity index (χ0v) is 18.1. The molecule has 0 aromatic carbocycles. The fourth-order valence-corrected chi connectivity index (χ4v) is 3.06. The van der Waals surface area contributed by atoms with Crippen LogP contribution >= 0.6 is 0 Å². The minimum Gasteiger partial charge on any atom is -0.550 e. The topological polar surface area (TPSA) is 53.8 Å². The smallest absolute Gasteiger partial charge is 0.101 e. The summed E-state index contributed by atoms with van der Waals surface area (Å²) in [6.45, 7) is 6.52. The van der Waals surface area contributed by atoms with Crippen molar-refractivity contribution in [2.75, 3.05) is 33.4 Å². The number of hydrogen-bond acceptors (Lipinski definition) is 3. The van der Waals surface area contributed by atoms with E-state index in [0.717, 1.165) is 32.5 Å². The number of likely N-dealkylation sites (N-methyl/N-ethyl adjacent to an activating group) is 1. The zero-order valence-electron chi connectivity index (χ0n) is 18.1. The van der Waals surface area contributed by atoms with Crippen LogP contribution < -0.4 is 10.0 Å². The van der Waals surface area contributed by atoms with Gasteiger partial charge >= 0.3 is 0 Å². The summed E-state index contributed by atoms with van der Waals surface area (Å²) in [5.74, 6) is -0.914. The SMILES string of the molecule is CCCCCCCCC=CCCCCCCCC(=O)[O-].C[NH+]1CCOCC1. The van der Waals surface area contributed by atoms with Crippen LogP contribution in [0.25, 0.3) is 0 Å². The Kier molecular flexibility index (Phi) is 20.7. The number of carboxylic acids is 1. The molecule has 1 heterocycles. The van der Waals surface area contributed by atoms with E-state index in [0.29, 0.717) is 0 Å². The summed E-state index contributed by atoms with van der Waals surface area (Å²) in [7, 11) is 2.20. The molecule has 1 fully saturated rings. The first-order valence-corrected chi connectivity index (χ1v) is 11.4. The van der Waals surface area contributed by atoms with Crippen LogP contribution in [0.1, 0.15) is 96.8 Å². The van der Waals surface area contributed by atoms with E-state index in [1.54, 1.807) is 4.90 Å². The number of unbranched alkanes of at least 4 members (excludes halogenated alkanes) is 11. The summed E-state index contributed by atoms with van der Waals surface area (Å²) in [6.07, 6.45) is 20.9. The molecule has 1 saturated heterocycles. The predicted octanol–water partition coefficient (Wildman–Crippen LogP) is 3.31. The third-order valence-corrected chi connectivity index (χ3v) is 4.99. The van der Waals surface area contributed by atoms with Gasteiger partial charge in [-0.1, -0.05) is 70.4 Å². The molecule has 4 heteroatoms. The lowest BCUT2D eigenvalue weighted by molar-refractivity contribution is -0.888. The molecular formula is C23H45NO3. The number of aliphatic carboxylic acids is 1. The predicted molar refractivity (Wildman–Crippen MR) is 112 cm³/mol. The Morgan fingerprint density at radius 3 is 1.78 bits per heavy atom. The number of carbonyl (C=O) groups excluding carboxylic acids is 1. The summed E-state index contributed by atoms with van der Waals surface area (Å²) >= 11 is 0. The van der Waals surface area contributed by atoms with E-state index < -0.39 is 5.97 Å². The number of carbonyl (C=O) groups is 1. The average molecular weight is 384 g/mol. The highest BCUT2D eigenvalue weighted by Crippen LogP contribution is 2.09. The Morgan fingerprint density at radius 2 is 1.33 bits per heavy atom. The fourth-order valence-electron chi connectivity index (χ4n) is 3.06. The van der Waals surface area contributed by atoms with Crippen molar-refractivity contribution in [3.63, 3.8) is 0 Å². The van der Waals surface area contributed by atoms with E-state index in [2.05, 4.69) is 26.1 Å². The van der Waals surface area contributed by atoms with Crippen molar-refractivity contribution >= 4 is 5.97 Å². The number of nitrogens with one attached hydrogen (secondary N) is 1. The molecule has 0 aliphatic carbocycles. The van der Waals surface area contributed by atoms with Gasteiger partial charge in [0.25, 0.3) is 0 Å². The summed E-state index contributed by atoms with van der Waals surface area (Å²) in [6, 6.07) is 0. The number of allylic oxidation sites excluding steroid dienone is 2. The average Bonchev–Trinajstić information content (AvgIpc) is 2.66. The third kappa shape index (κ3) is 23.1. The number of carboxylic acid groups (broad SMARTS) is 1. The molecule has 0 radical (unpaired) electrons. The van der Waals surface area contributed by atoms with Gasteiger partial charge in [-0.25, -0.2) is 0 Å². The quantitative estimate of drug-likeness (QED) is 0.349. The summed E-state index contributed by atoms with van der Waals surface area (Å²) in [5.41, 5.74) is 0. The molecule has 160 valence electrons. The van der Waals surface area contributed by atoms with Crippen molar-refractivity contribution in [2.24, 2.45) is 0 Å². The monoisotopic (exact) mass is 383 g/mol. The Balaban J connectivity index is 0.000000797. The van der Waals surface area contributed by atoms with Gasteiger partial charge in [-0.15, -0.1) is 0 Å². The van der Waals surface area contributed by atoms with Crippen LogP contribution in [0.15, 0.2) is 12.2 Å². The first kappa shape index (κ1) is 26.1. The molecule has 1 rings (SSSR count). The standard InChI is InChI=1S/C18H34O2.C5H11NO/c1-2-3-4-5-6-7-8-9-10-11-12-13-14-15-16-17-18(19)20;1-6-2-4-7-5-3-6/h9-10H,2-8,11-17H2,1H3,(H,19,20);2-5H2,1H3. The maximum Gasteiger partial charge on any atom is 0.101 e. The molecule has 1 aliphatic heterocycles. The zero-order chi connectivity index (χ0) is 20.0. The molecule has 0 saturated carbocycles. The van der Waals surface area contributed by atoms with Gasteiger partial charge in [-0.05, 0) is 38.5 Å². The second-order valence-corrected chi connectivity index (χ2v) is 7.78. The van der Waals surface area contributed by atoms with Crippen LogP contribution in [0.5, 0.6) is 0 Å². The summed E-state index contributed by atoms with van der Waals surface area (Å²) < 4.78 is 5.12. The number of hydrogen-bond donors (Lipinski definition) is 1. The molecule has 1 aliphatic rings. The first-order valence-electron chi connectivity index (χ1n) is 11.4. The van der Waals surface area contributed by atoms with Gasteiger partial charge in [0.15, 0.2) is 0 Å². The third-order valence-electron chi connectivity index (χ3n) is 4.99. The molecule has 0 atom stereocenters. The van der Waals surface area contributed by atoms with Crippen LogP contribution in [-0.2, 0) is 9.53 Å². The second-order valence-electron chi connectivity index (χ2n) is 7.78. The Hall–Kier alpha value is -0.870. The van der Waals surface area contributed by atoms with Gasteiger partial charge in [-0.2, -0.15) is 0 Å². The molecule has 0 unspecified atom stereocenters. The highest BCUT2D eigenvalue weighted by Gasteiger charge is 2.06. The number of quaternary nitrogens is 1. The van der Waals surface area contributed by atoms with E-state index >= 15 is 0 Å². The lowest BCUT2D eigenvalue weighted by Gasteiger charge is -2.18. The lowest BCUT2D eigenvalue weighted by Crippen LogP contribution is -3.11. The van der Waals surface area contributed by atoms with Crippen LogP contribution in [0, 0.1) is 0 Å². The first-order chi connectivity index (χ1) is 13.2. The van der Waals surface area contributed by atoms with Crippen molar-refractivity contribution in [3.8, 4) is 0 Å². The number of ether oxygens (including phenoxy) is 1. The van der Waals surface area contributed by atoms with Crippen LogP contribution in [0.4, 0.5) is 0 Å². The van der Waals surface area contributed by atoms with Crippen molar-refractivity contribution in [2.45, 2.75) is 96.8 Å². The van der Waals surface area contributed by atoms with Crippen molar-refractivity contribution in [1.29, 1.82) is 0 Å². The molecule has 1 N–H and O–H groups in total. The molecule has 27 heavy (non-hydrogen) atoms. The number of rotatable bonds is 15. The van der Waals surface area contributed by atoms with Gasteiger partial charge < -0.3 is 19.5 Å². The summed E-state index contributed by atoms with van der Waals surface area (Å²) in [4.78, 5) is 11.8. The minimum absolute atomic E-state index is 0.220. The van der Waals surface area contributed by atoms with Gasteiger partial charge in [0.2, 0.25) is 0 Å². The normalized spacial score (nSPS) is 14.9. The van der Waals surface area contributed by atoms with E-state index in [9.17, 15) is 9.90 Å². The minimum atomic E-state index is -0.914. The van der Waals surface area contributed by atoms with Crippen molar-refractivity contribution < 1.29 is 19.5 Å². The van der Waals surface area contributed by atoms with Gasteiger partial charge in [0.05, 0.1) is 20.3 Å². The Morgan fingerprint density at radius 1 is 0.852 bits per heavy atom. The van der Waals surface area contributed by atoms with Crippen LogP contribution in [-0.4, -0.2) is 39.3 Å². The highest BCUT2D eigenvalue weighted by atomic mass is 16.5. The maximum atomic E-state index is 10.2. The van der Waals surface area contributed by atoms with E-state index in [4.69, 9.17) is 4.74 Å². The molecular weight excluding hydrogens is 338 g/mol. The largest absolute Gasteiger partial charge is 0.550 e. The second kappa shape index (κ2) is 21.4. The van der Waals surface area contributed by atoms with Gasteiger partial charge in [0.1, 0.15) is 13.1 Å². The molecule has 0 amide bonds. The fraction of sp³-hybridized carbons (Fsp3) is 0.870. The number of morpholine rings is 1. The van der Waals surface area contributed by atoms with Gasteiger partial charge in [0, 0.05) is 5.97 Å². The Labute approximate surface area is 168 Å². The lowest BCUT2D eigenvalue weighted by atomic mass is 10.1. The van der Waals surface area contributed by atoms with Crippen LogP contribution in [0.2, 0.25) is 0 Å². The van der Waals surface area contributed by atoms with Gasteiger partial charge in [-0.3, -0.25) is 0 Å². The molecule has 0 aromatic heterocycles. The van der Waals surface area contributed by atoms with E-state index in [-0.39, 0.29) is 6.42 Å². The van der Waals surface area contributed by atoms with E-state index in [1.165, 1.54) is 77.3 Å². The summed E-state index contributed by atoms with van der Waals surface area (Å²) in [5, 5.41) is 10.2. The molecule has 0 bridgehead atoms.